The molecule has 0 atom stereocenters. The van der Waals surface area contributed by atoms with Gasteiger partial charge in [-0.1, -0.05) is 0 Å². The molecule has 1 rings (SSSR count). The van der Waals surface area contributed by atoms with Crippen LogP contribution in [0.4, 0.5) is 0 Å². The van der Waals surface area contributed by atoms with Gasteiger partial charge in [-0.3, -0.25) is 0 Å². The molecule has 0 aromatic carbocycles. The van der Waals surface area contributed by atoms with E-state index in [0.29, 0.717) is 0 Å². The van der Waals surface area contributed by atoms with Gasteiger partial charge in [0.05, 0.1) is 0 Å². The summed E-state index contributed by atoms with van der Waals surface area (Å²) in [6.45, 7) is 3.71. The molecule has 0 nitrogen and oxygen atoms in total. The van der Waals surface area contributed by atoms with Gasteiger partial charge in [0.2, 0.25) is 0 Å². The molecule has 0 aromatic heterocycles. The Bertz CT molecular complexity index is 175. The van der Waals surface area contributed by atoms with Crippen LogP contribution in [0.2, 0.25) is 0 Å². The molecule has 1 aliphatic rings. The van der Waals surface area contributed by atoms with Crippen LogP contribution in [0, 0.1) is 33.7 Å². The van der Waals surface area contributed by atoms with Crippen LogP contribution in [0.15, 0.2) is 32.4 Å². The molecule has 0 aliphatic heterocycles. The Hall–Kier alpha value is 0.415. The second-order valence-corrected chi connectivity index (χ2v) is 4.34. The van der Waals surface area contributed by atoms with Gasteiger partial charge in [0.15, 0.2) is 0 Å². The number of hydrogen-bond donors (Lipinski definition) is 0. The Morgan fingerprint density at radius 1 is 1.78 bits per heavy atom. The number of rotatable bonds is 2. The van der Waals surface area contributed by atoms with Crippen LogP contribution in [-0.2, 0) is 0 Å². The van der Waals surface area contributed by atoms with E-state index in [1.807, 2.05) is 6.08 Å². The summed E-state index contributed by atoms with van der Waals surface area (Å²) in [5.41, 5.74) is 1.52. The summed E-state index contributed by atoms with van der Waals surface area (Å²) in [7, 11) is 0. The molecule has 0 saturated heterocycles. The van der Waals surface area contributed by atoms with Gasteiger partial charge in [-0.2, -0.15) is 0 Å². The van der Waals surface area contributed by atoms with Crippen LogP contribution in [0.3, 0.4) is 0 Å². The number of allylic oxidation sites excluding steroid dienone is 5. The maximum absolute atomic E-state index is 3.71. The fourth-order valence-corrected chi connectivity index (χ4v) is 2.02. The number of hydrogen-bond acceptors (Lipinski definition) is 0. The fraction of sp³-hybridized carbons (Fsp3) is 0.250. The molecule has 44 valence electrons. The minimum atomic E-state index is 1.03. The van der Waals surface area contributed by atoms with Crippen molar-refractivity contribution in [3.8, 4) is 0 Å². The molecule has 9 heavy (non-hydrogen) atoms. The van der Waals surface area contributed by atoms with Crippen LogP contribution >= 0.6 is 0 Å². The fourth-order valence-electron chi connectivity index (χ4n) is 0.921. The predicted molar refractivity (Wildman–Crippen MR) is 35.6 cm³/mol. The Balaban J connectivity index is 2.64. The summed E-state index contributed by atoms with van der Waals surface area (Å²) in [5, 5.41) is 0. The summed E-state index contributed by atoms with van der Waals surface area (Å²) in [5.74, 6) is 0. The van der Waals surface area contributed by atoms with Crippen molar-refractivity contribution in [3.05, 3.63) is 32.4 Å². The molecule has 0 heterocycles. The molecule has 0 N–H and O–H groups in total. The molecule has 0 amide bonds. The minimum absolute atomic E-state index is 1.03. The van der Waals surface area contributed by atoms with Gasteiger partial charge in [-0.05, 0) is 0 Å². The van der Waals surface area contributed by atoms with Gasteiger partial charge >= 0.3 is 78.9 Å². The predicted octanol–water partition coefficient (Wildman–Crippen LogP) is 2.33. The van der Waals surface area contributed by atoms with Gasteiger partial charge in [-0.25, -0.2) is 0 Å². The Morgan fingerprint density at radius 2 is 2.56 bits per heavy atom. The van der Waals surface area contributed by atoms with Crippen molar-refractivity contribution in [1.29, 1.82) is 0 Å². The first-order valence-corrected chi connectivity index (χ1v) is 4.91. The summed E-state index contributed by atoms with van der Waals surface area (Å²) >= 11 is 1.03. The van der Waals surface area contributed by atoms with E-state index in [0.717, 1.165) is 40.2 Å². The summed E-state index contributed by atoms with van der Waals surface area (Å²) < 4.78 is 1.66. The first-order valence-electron chi connectivity index (χ1n) is 3.09. The van der Waals surface area contributed by atoms with Crippen LogP contribution in [0.5, 0.6) is 0 Å². The van der Waals surface area contributed by atoms with E-state index in [-0.39, 0.29) is 0 Å². The van der Waals surface area contributed by atoms with Crippen molar-refractivity contribution in [2.24, 2.45) is 0 Å². The Kier molecular flexibility index (Phi) is 2.97. The molecule has 0 spiro atoms. The van der Waals surface area contributed by atoms with E-state index < -0.39 is 0 Å². The topological polar surface area (TPSA) is 0 Å². The van der Waals surface area contributed by atoms with E-state index in [1.165, 1.54) is 12.0 Å². The second kappa shape index (κ2) is 3.55. The van der Waals surface area contributed by atoms with Crippen LogP contribution < -0.4 is 0 Å². The average molecular weight is 244 g/mol. The van der Waals surface area contributed by atoms with E-state index in [2.05, 4.69) is 18.7 Å². The van der Waals surface area contributed by atoms with Crippen molar-refractivity contribution in [2.45, 2.75) is 12.8 Å². The summed E-state index contributed by atoms with van der Waals surface area (Å²) in [4.78, 5) is 0. The zero-order valence-electron chi connectivity index (χ0n) is 5.43. The summed E-state index contributed by atoms with van der Waals surface area (Å²) in [6, 6.07) is 0. The van der Waals surface area contributed by atoms with Crippen LogP contribution in [-0.4, -0.2) is 0 Å². The SMILES string of the molecule is C=CCC1=[C]([La])CC=C1. The van der Waals surface area contributed by atoms with Crippen molar-refractivity contribution >= 4 is 0 Å². The molecular weight excluding hydrogens is 235 g/mol. The standard InChI is InChI=1S/C8H9.La/c1-2-5-8-6-3-4-7-8;/h2-3,6H,1,4-5H2;. The average Bonchev–Trinajstić information content (AvgIpc) is 2.18. The zero-order chi connectivity index (χ0) is 6.69. The molecule has 0 bridgehead atoms. The molecule has 0 unspecified atom stereocenters. The van der Waals surface area contributed by atoms with Crippen molar-refractivity contribution in [3.63, 3.8) is 0 Å². The third-order valence-corrected chi connectivity index (χ3v) is 3.34. The van der Waals surface area contributed by atoms with E-state index >= 15 is 0 Å². The van der Waals surface area contributed by atoms with Gasteiger partial charge in [0.1, 0.15) is 0 Å². The van der Waals surface area contributed by atoms with Gasteiger partial charge < -0.3 is 0 Å². The normalized spacial score (nSPS) is 16.8. The van der Waals surface area contributed by atoms with E-state index in [9.17, 15) is 0 Å². The first-order chi connectivity index (χ1) is 4.34. The monoisotopic (exact) mass is 244 g/mol. The zero-order valence-corrected chi connectivity index (χ0v) is 9.06. The third-order valence-electron chi connectivity index (χ3n) is 1.43. The van der Waals surface area contributed by atoms with Gasteiger partial charge in [-0.15, -0.1) is 0 Å². The molecule has 0 radical (unpaired) electrons. The van der Waals surface area contributed by atoms with E-state index in [1.54, 1.807) is 1.98 Å². The molecule has 0 saturated carbocycles. The van der Waals surface area contributed by atoms with Crippen molar-refractivity contribution in [1.82, 2.24) is 0 Å². The Labute approximate surface area is 78.4 Å². The van der Waals surface area contributed by atoms with Crippen LogP contribution in [0.1, 0.15) is 12.8 Å². The molecular formula is C8H9La. The molecule has 0 aromatic rings. The summed E-state index contributed by atoms with van der Waals surface area (Å²) in [6.07, 6.45) is 8.74. The van der Waals surface area contributed by atoms with E-state index in [4.69, 9.17) is 0 Å². The quantitative estimate of drug-likeness (QED) is 0.654. The molecule has 1 aliphatic carbocycles. The first kappa shape index (κ1) is 7.52. The second-order valence-electron chi connectivity index (χ2n) is 2.15. The molecule has 1 heteroatoms. The van der Waals surface area contributed by atoms with Crippen LogP contribution in [0.25, 0.3) is 0 Å². The maximum atomic E-state index is 3.71. The Morgan fingerprint density at radius 3 is 3.00 bits per heavy atom. The third kappa shape index (κ3) is 1.92. The molecule has 0 fully saturated rings. The van der Waals surface area contributed by atoms with Gasteiger partial charge in [0.25, 0.3) is 0 Å². The van der Waals surface area contributed by atoms with Gasteiger partial charge in [0, 0.05) is 0 Å². The van der Waals surface area contributed by atoms with Crippen molar-refractivity contribution in [2.75, 3.05) is 0 Å². The van der Waals surface area contributed by atoms with Crippen molar-refractivity contribution < 1.29 is 33.7 Å².